The molecule has 0 fully saturated rings. The van der Waals surface area contributed by atoms with Gasteiger partial charge in [-0.25, -0.2) is 4.98 Å². The molecular weight excluding hydrogens is 438 g/mol. The second kappa shape index (κ2) is 9.50. The highest BCUT2D eigenvalue weighted by Crippen LogP contribution is 2.33. The summed E-state index contributed by atoms with van der Waals surface area (Å²) in [7, 11) is 3.22. The Morgan fingerprint density at radius 2 is 1.69 bits per heavy atom. The van der Waals surface area contributed by atoms with Crippen molar-refractivity contribution in [3.8, 4) is 22.8 Å². The zero-order valence-electron chi connectivity index (χ0n) is 20.0. The van der Waals surface area contributed by atoms with Crippen LogP contribution >= 0.6 is 0 Å². The number of hydrogen-bond acceptors (Lipinski definition) is 4. The SMILES string of the molecule is COc1ccc(CCNC(=O)c2cc3c([nH]c4ccccc43)c(-c3ccc(C)cc3)n2)cc1OC. The fourth-order valence-electron chi connectivity index (χ4n) is 4.33. The van der Waals surface area contributed by atoms with Crippen molar-refractivity contribution in [3.05, 3.63) is 89.6 Å². The number of fused-ring (bicyclic) bond motifs is 3. The number of carbonyl (C=O) groups is 1. The number of pyridine rings is 1. The monoisotopic (exact) mass is 465 g/mol. The molecule has 0 saturated heterocycles. The first kappa shape index (κ1) is 22.5. The number of ether oxygens (including phenoxy) is 2. The summed E-state index contributed by atoms with van der Waals surface area (Å²) < 4.78 is 10.7. The predicted octanol–water partition coefficient (Wildman–Crippen LogP) is 5.68. The van der Waals surface area contributed by atoms with Gasteiger partial charge in [0.05, 0.1) is 25.4 Å². The quantitative estimate of drug-likeness (QED) is 0.324. The number of carbonyl (C=O) groups excluding carboxylic acids is 1. The van der Waals surface area contributed by atoms with Gasteiger partial charge in [-0.15, -0.1) is 0 Å². The van der Waals surface area contributed by atoms with Crippen LogP contribution in [0.25, 0.3) is 33.1 Å². The van der Waals surface area contributed by atoms with E-state index >= 15 is 0 Å². The Kier molecular flexibility index (Phi) is 6.10. The van der Waals surface area contributed by atoms with E-state index in [9.17, 15) is 4.79 Å². The summed E-state index contributed by atoms with van der Waals surface area (Å²) in [5.74, 6) is 1.15. The zero-order valence-corrected chi connectivity index (χ0v) is 20.0. The number of nitrogens with one attached hydrogen (secondary N) is 2. The van der Waals surface area contributed by atoms with Gasteiger partial charge in [-0.05, 0) is 43.2 Å². The van der Waals surface area contributed by atoms with E-state index in [1.807, 2.05) is 54.6 Å². The Hall–Kier alpha value is -4.32. The number of H-pyrrole nitrogens is 1. The van der Waals surface area contributed by atoms with Gasteiger partial charge < -0.3 is 19.8 Å². The average Bonchev–Trinajstić information content (AvgIpc) is 3.27. The van der Waals surface area contributed by atoms with Gasteiger partial charge in [0.15, 0.2) is 11.5 Å². The fraction of sp³-hybridized carbons (Fsp3) is 0.172. The Morgan fingerprint density at radius 3 is 2.46 bits per heavy atom. The largest absolute Gasteiger partial charge is 0.493 e. The molecule has 0 bridgehead atoms. The minimum atomic E-state index is -0.203. The summed E-state index contributed by atoms with van der Waals surface area (Å²) in [5, 5.41) is 5.07. The van der Waals surface area contributed by atoms with Crippen molar-refractivity contribution >= 4 is 27.7 Å². The molecule has 0 aliphatic carbocycles. The third kappa shape index (κ3) is 4.43. The molecule has 176 valence electrons. The van der Waals surface area contributed by atoms with Crippen molar-refractivity contribution in [2.24, 2.45) is 0 Å². The first-order valence-corrected chi connectivity index (χ1v) is 11.5. The molecule has 0 atom stereocenters. The number of amides is 1. The Bertz CT molecular complexity index is 1520. The standard InChI is InChI=1S/C29H27N3O3/c1-18-8-11-20(12-9-18)27-28-22(21-6-4-5-7-23(21)31-28)17-24(32-27)29(33)30-15-14-19-10-13-25(34-2)26(16-19)35-3/h4-13,16-17,31H,14-15H2,1-3H3,(H,30,33). The van der Waals surface area contributed by atoms with Crippen LogP contribution in [0.3, 0.4) is 0 Å². The molecule has 2 heterocycles. The smallest absolute Gasteiger partial charge is 0.269 e. The molecule has 2 N–H and O–H groups in total. The Morgan fingerprint density at radius 1 is 0.914 bits per heavy atom. The third-order valence-electron chi connectivity index (χ3n) is 6.20. The van der Waals surface area contributed by atoms with Gasteiger partial charge in [0.2, 0.25) is 0 Å². The van der Waals surface area contributed by atoms with Gasteiger partial charge in [0.1, 0.15) is 5.69 Å². The number of methoxy groups -OCH3 is 2. The molecule has 0 saturated carbocycles. The molecule has 2 aromatic heterocycles. The van der Waals surface area contributed by atoms with Crippen molar-refractivity contribution in [3.63, 3.8) is 0 Å². The van der Waals surface area contributed by atoms with E-state index in [-0.39, 0.29) is 5.91 Å². The Balaban J connectivity index is 1.45. The lowest BCUT2D eigenvalue weighted by atomic mass is 10.0. The van der Waals surface area contributed by atoms with Crippen molar-refractivity contribution < 1.29 is 14.3 Å². The summed E-state index contributed by atoms with van der Waals surface area (Å²) >= 11 is 0. The predicted molar refractivity (Wildman–Crippen MR) is 139 cm³/mol. The summed E-state index contributed by atoms with van der Waals surface area (Å²) in [6.07, 6.45) is 0.659. The molecule has 3 aromatic carbocycles. The number of aromatic nitrogens is 2. The lowest BCUT2D eigenvalue weighted by Gasteiger charge is -2.11. The maximum Gasteiger partial charge on any atom is 0.269 e. The average molecular weight is 466 g/mol. The van der Waals surface area contributed by atoms with E-state index in [2.05, 4.69) is 35.4 Å². The highest BCUT2D eigenvalue weighted by molar-refractivity contribution is 6.13. The number of nitrogens with zero attached hydrogens (tertiary/aromatic N) is 1. The van der Waals surface area contributed by atoms with Gasteiger partial charge in [-0.2, -0.15) is 0 Å². The van der Waals surface area contributed by atoms with Crippen LogP contribution in [-0.4, -0.2) is 36.6 Å². The van der Waals surface area contributed by atoms with Crippen molar-refractivity contribution in [1.29, 1.82) is 0 Å². The summed E-state index contributed by atoms with van der Waals surface area (Å²) in [5.41, 5.74) is 6.29. The zero-order chi connectivity index (χ0) is 24.4. The van der Waals surface area contributed by atoms with Crippen LogP contribution in [0.5, 0.6) is 11.5 Å². The molecule has 35 heavy (non-hydrogen) atoms. The summed E-state index contributed by atoms with van der Waals surface area (Å²) in [4.78, 5) is 21.5. The first-order chi connectivity index (χ1) is 17.1. The number of aryl methyl sites for hydroxylation is 1. The maximum absolute atomic E-state index is 13.2. The van der Waals surface area contributed by atoms with Crippen LogP contribution in [0.2, 0.25) is 0 Å². The van der Waals surface area contributed by atoms with Gasteiger partial charge in [-0.1, -0.05) is 54.1 Å². The van der Waals surface area contributed by atoms with Crippen LogP contribution < -0.4 is 14.8 Å². The number of aromatic amines is 1. The molecule has 0 spiro atoms. The normalized spacial score (nSPS) is 11.1. The number of hydrogen-bond donors (Lipinski definition) is 2. The minimum Gasteiger partial charge on any atom is -0.493 e. The van der Waals surface area contributed by atoms with E-state index in [1.165, 1.54) is 5.56 Å². The van der Waals surface area contributed by atoms with Gasteiger partial charge in [-0.3, -0.25) is 4.79 Å². The Labute approximate surface area is 203 Å². The molecule has 0 aliphatic heterocycles. The lowest BCUT2D eigenvalue weighted by molar-refractivity contribution is 0.0949. The molecule has 5 rings (SSSR count). The number of benzene rings is 3. The molecule has 1 amide bonds. The second-order valence-corrected chi connectivity index (χ2v) is 8.51. The summed E-state index contributed by atoms with van der Waals surface area (Å²) in [6, 6.07) is 23.9. The number of para-hydroxylation sites is 1. The van der Waals surface area contributed by atoms with Gasteiger partial charge in [0.25, 0.3) is 5.91 Å². The van der Waals surface area contributed by atoms with Crippen LogP contribution in [0.1, 0.15) is 21.6 Å². The molecular formula is C29H27N3O3. The molecule has 6 heteroatoms. The third-order valence-corrected chi connectivity index (χ3v) is 6.20. The lowest BCUT2D eigenvalue weighted by Crippen LogP contribution is -2.26. The molecule has 0 unspecified atom stereocenters. The van der Waals surface area contributed by atoms with Gasteiger partial charge in [0, 0.05) is 28.4 Å². The molecule has 0 aliphatic rings. The van der Waals surface area contributed by atoms with Crippen molar-refractivity contribution in [1.82, 2.24) is 15.3 Å². The first-order valence-electron chi connectivity index (χ1n) is 11.5. The number of rotatable bonds is 7. The molecule has 6 nitrogen and oxygen atoms in total. The van der Waals surface area contributed by atoms with Crippen LogP contribution in [0, 0.1) is 6.92 Å². The molecule has 0 radical (unpaired) electrons. The minimum absolute atomic E-state index is 0.203. The van der Waals surface area contributed by atoms with E-state index in [4.69, 9.17) is 14.5 Å². The van der Waals surface area contributed by atoms with E-state index in [0.29, 0.717) is 30.2 Å². The highest BCUT2D eigenvalue weighted by Gasteiger charge is 2.17. The summed E-state index contributed by atoms with van der Waals surface area (Å²) in [6.45, 7) is 2.53. The van der Waals surface area contributed by atoms with E-state index in [0.717, 1.165) is 38.6 Å². The van der Waals surface area contributed by atoms with Crippen molar-refractivity contribution in [2.75, 3.05) is 20.8 Å². The fourth-order valence-corrected chi connectivity index (χ4v) is 4.33. The van der Waals surface area contributed by atoms with Crippen LogP contribution in [0.15, 0.2) is 72.8 Å². The van der Waals surface area contributed by atoms with E-state index < -0.39 is 0 Å². The topological polar surface area (TPSA) is 76.2 Å². The van der Waals surface area contributed by atoms with Crippen molar-refractivity contribution in [2.45, 2.75) is 13.3 Å². The molecule has 5 aromatic rings. The van der Waals surface area contributed by atoms with E-state index in [1.54, 1.807) is 14.2 Å². The maximum atomic E-state index is 13.2. The highest BCUT2D eigenvalue weighted by atomic mass is 16.5. The van der Waals surface area contributed by atoms with Gasteiger partial charge >= 0.3 is 0 Å². The second-order valence-electron chi connectivity index (χ2n) is 8.51. The van der Waals surface area contributed by atoms with Crippen LogP contribution in [0.4, 0.5) is 0 Å². The van der Waals surface area contributed by atoms with Crippen LogP contribution in [-0.2, 0) is 6.42 Å².